The summed E-state index contributed by atoms with van der Waals surface area (Å²) in [6.07, 6.45) is -0.731. The van der Waals surface area contributed by atoms with Crippen LogP contribution >= 0.6 is 0 Å². The number of hydrogen-bond donors (Lipinski definition) is 5. The van der Waals surface area contributed by atoms with E-state index in [0.29, 0.717) is 12.8 Å². The Kier molecular flexibility index (Phi) is 14.8. The van der Waals surface area contributed by atoms with Crippen LogP contribution in [0.4, 0.5) is 4.79 Å². The fourth-order valence-corrected chi connectivity index (χ4v) is 5.59. The quantitative estimate of drug-likeness (QED) is 0.142. The van der Waals surface area contributed by atoms with E-state index in [1.807, 2.05) is 105 Å². The molecular formula is C39H52N4O6. The Balaban J connectivity index is 1.85. The lowest BCUT2D eigenvalue weighted by atomic mass is 9.88. The van der Waals surface area contributed by atoms with Gasteiger partial charge in [-0.2, -0.15) is 0 Å². The summed E-state index contributed by atoms with van der Waals surface area (Å²) in [6, 6.07) is 25.4. The van der Waals surface area contributed by atoms with Gasteiger partial charge in [-0.1, -0.05) is 105 Å². The number of nitrogens with two attached hydrogens (primary N) is 1. The molecule has 0 spiro atoms. The molecule has 1 unspecified atom stereocenters. The highest BCUT2D eigenvalue weighted by atomic mass is 16.6. The molecule has 0 heterocycles. The molecule has 10 heteroatoms. The third-order valence-electron chi connectivity index (χ3n) is 7.97. The van der Waals surface area contributed by atoms with Crippen molar-refractivity contribution >= 4 is 23.8 Å². The van der Waals surface area contributed by atoms with Crippen LogP contribution in [0.1, 0.15) is 64.2 Å². The van der Waals surface area contributed by atoms with Gasteiger partial charge >= 0.3 is 6.09 Å². The van der Waals surface area contributed by atoms with Crippen molar-refractivity contribution < 1.29 is 29.0 Å². The number of aliphatic hydroxyl groups excluding tert-OH is 1. The summed E-state index contributed by atoms with van der Waals surface area (Å²) in [5.74, 6) is -2.37. The summed E-state index contributed by atoms with van der Waals surface area (Å²) in [4.78, 5) is 52.9. The Morgan fingerprint density at radius 3 is 1.61 bits per heavy atom. The van der Waals surface area contributed by atoms with Crippen molar-refractivity contribution in [2.45, 2.75) is 96.6 Å². The normalized spacial score (nSPS) is 14.5. The van der Waals surface area contributed by atoms with Crippen molar-refractivity contribution in [1.82, 2.24) is 16.0 Å². The van der Waals surface area contributed by atoms with Crippen molar-refractivity contribution in [2.75, 3.05) is 0 Å². The van der Waals surface area contributed by atoms with Crippen molar-refractivity contribution in [1.29, 1.82) is 0 Å². The lowest BCUT2D eigenvalue weighted by molar-refractivity contribution is -0.133. The lowest BCUT2D eigenvalue weighted by Crippen LogP contribution is -2.55. The molecule has 0 aliphatic heterocycles. The zero-order valence-corrected chi connectivity index (χ0v) is 29.2. The van der Waals surface area contributed by atoms with E-state index in [4.69, 9.17) is 10.5 Å². The largest absolute Gasteiger partial charge is 0.444 e. The van der Waals surface area contributed by atoms with Gasteiger partial charge in [0.25, 0.3) is 0 Å². The molecule has 3 aromatic rings. The average molecular weight is 673 g/mol. The lowest BCUT2D eigenvalue weighted by Gasteiger charge is -2.30. The molecule has 0 aliphatic rings. The van der Waals surface area contributed by atoms with E-state index in [1.54, 1.807) is 20.8 Å². The van der Waals surface area contributed by atoms with E-state index in [1.165, 1.54) is 0 Å². The molecule has 3 rings (SSSR count). The smallest absolute Gasteiger partial charge is 0.407 e. The Labute approximate surface area is 290 Å². The monoisotopic (exact) mass is 672 g/mol. The number of hydrogen-bond acceptors (Lipinski definition) is 6. The van der Waals surface area contributed by atoms with Gasteiger partial charge in [0.1, 0.15) is 17.7 Å². The molecule has 4 amide bonds. The second kappa shape index (κ2) is 18.7. The Morgan fingerprint density at radius 2 is 1.14 bits per heavy atom. The SMILES string of the molecule is CC(C)C[C@H](NC(=O)[C@H](Cc1ccccc1)CC(O)[C@H](Cc1ccccc1)NC(=O)OC(C)(C)C)C(=O)N[C@@H](Cc1ccccc1)C(N)=O. The first-order valence-corrected chi connectivity index (χ1v) is 16.9. The number of primary amides is 1. The van der Waals surface area contributed by atoms with Crippen LogP contribution in [0.5, 0.6) is 0 Å². The van der Waals surface area contributed by atoms with Gasteiger partial charge in [0, 0.05) is 12.3 Å². The first-order chi connectivity index (χ1) is 23.2. The highest BCUT2D eigenvalue weighted by Crippen LogP contribution is 2.20. The topological polar surface area (TPSA) is 160 Å². The van der Waals surface area contributed by atoms with Crippen LogP contribution in [0, 0.1) is 11.8 Å². The first-order valence-electron chi connectivity index (χ1n) is 16.9. The molecule has 0 radical (unpaired) electrons. The summed E-state index contributed by atoms with van der Waals surface area (Å²) < 4.78 is 5.49. The number of aliphatic hydroxyl groups is 1. The van der Waals surface area contributed by atoms with E-state index in [9.17, 15) is 24.3 Å². The van der Waals surface area contributed by atoms with E-state index < -0.39 is 59.6 Å². The third-order valence-corrected chi connectivity index (χ3v) is 7.97. The zero-order chi connectivity index (χ0) is 36.0. The number of nitrogens with one attached hydrogen (secondary N) is 3. The maximum atomic E-state index is 14.1. The highest BCUT2D eigenvalue weighted by molar-refractivity contribution is 5.92. The molecule has 0 bridgehead atoms. The minimum atomic E-state index is -1.14. The predicted octanol–water partition coefficient (Wildman–Crippen LogP) is 4.48. The van der Waals surface area contributed by atoms with Gasteiger partial charge < -0.3 is 31.5 Å². The van der Waals surface area contributed by atoms with E-state index >= 15 is 0 Å². The number of rotatable bonds is 17. The van der Waals surface area contributed by atoms with Gasteiger partial charge in [0.2, 0.25) is 17.7 Å². The standard InChI is InChI=1S/C39H52N4O6/c1-26(2)21-33(37(47)41-32(35(40)45)24-29-19-13-8-14-20-29)42-36(46)30(22-27-15-9-6-10-16-27)25-34(44)31(23-28-17-11-7-12-18-28)43-38(48)49-39(3,4)5/h6-20,26,30-34,44H,21-25H2,1-5H3,(H2,40,45)(H,41,47)(H,42,46)(H,43,48)/t30-,31+,32+,33+,34?/m1/s1. The van der Waals surface area contributed by atoms with Gasteiger partial charge in [-0.25, -0.2) is 4.79 Å². The van der Waals surface area contributed by atoms with E-state index in [-0.39, 0.29) is 25.2 Å². The van der Waals surface area contributed by atoms with E-state index in [2.05, 4.69) is 16.0 Å². The molecule has 0 saturated heterocycles. The van der Waals surface area contributed by atoms with Crippen LogP contribution in [0.2, 0.25) is 0 Å². The molecule has 6 N–H and O–H groups in total. The molecule has 10 nitrogen and oxygen atoms in total. The number of ether oxygens (including phenoxy) is 1. The van der Waals surface area contributed by atoms with Crippen LogP contribution in [-0.2, 0) is 38.4 Å². The molecule has 0 fully saturated rings. The second-order valence-corrected chi connectivity index (χ2v) is 14.0. The van der Waals surface area contributed by atoms with Gasteiger partial charge in [0.15, 0.2) is 0 Å². The maximum Gasteiger partial charge on any atom is 0.407 e. The third kappa shape index (κ3) is 14.1. The summed E-state index contributed by atoms with van der Waals surface area (Å²) >= 11 is 0. The van der Waals surface area contributed by atoms with Gasteiger partial charge in [-0.15, -0.1) is 0 Å². The van der Waals surface area contributed by atoms with Crippen LogP contribution in [0.3, 0.4) is 0 Å². The molecule has 5 atom stereocenters. The minimum absolute atomic E-state index is 0.0119. The maximum absolute atomic E-state index is 14.1. The fourth-order valence-electron chi connectivity index (χ4n) is 5.59. The summed E-state index contributed by atoms with van der Waals surface area (Å²) in [6.45, 7) is 9.14. The second-order valence-electron chi connectivity index (χ2n) is 14.0. The fraction of sp³-hybridized carbons (Fsp3) is 0.436. The van der Waals surface area contributed by atoms with Crippen molar-refractivity contribution in [3.05, 3.63) is 108 Å². The molecule has 0 aromatic heterocycles. The number of carbonyl (C=O) groups is 4. The molecule has 264 valence electrons. The van der Waals surface area contributed by atoms with Gasteiger partial charge in [-0.05, 0) is 69.1 Å². The number of amides is 4. The van der Waals surface area contributed by atoms with Crippen LogP contribution in [0.25, 0.3) is 0 Å². The van der Waals surface area contributed by atoms with Gasteiger partial charge in [0.05, 0.1) is 12.1 Å². The summed E-state index contributed by atoms with van der Waals surface area (Å²) in [7, 11) is 0. The molecular weight excluding hydrogens is 620 g/mol. The Morgan fingerprint density at radius 1 is 0.673 bits per heavy atom. The Hall–Kier alpha value is -4.70. The Bertz CT molecular complexity index is 1480. The summed E-state index contributed by atoms with van der Waals surface area (Å²) in [5.41, 5.74) is 7.51. The van der Waals surface area contributed by atoms with Crippen LogP contribution in [-0.4, -0.2) is 58.8 Å². The van der Waals surface area contributed by atoms with Gasteiger partial charge in [-0.3, -0.25) is 14.4 Å². The first kappa shape index (κ1) is 38.7. The molecule has 3 aromatic carbocycles. The number of carbonyl (C=O) groups excluding carboxylic acids is 4. The zero-order valence-electron chi connectivity index (χ0n) is 29.2. The van der Waals surface area contributed by atoms with Crippen molar-refractivity contribution in [2.24, 2.45) is 17.6 Å². The molecule has 49 heavy (non-hydrogen) atoms. The van der Waals surface area contributed by atoms with Crippen molar-refractivity contribution in [3.63, 3.8) is 0 Å². The molecule has 0 saturated carbocycles. The van der Waals surface area contributed by atoms with Crippen LogP contribution in [0.15, 0.2) is 91.0 Å². The average Bonchev–Trinajstić information content (AvgIpc) is 3.03. The number of benzene rings is 3. The number of alkyl carbamates (subject to hydrolysis) is 1. The summed E-state index contributed by atoms with van der Waals surface area (Å²) in [5, 5.41) is 20.1. The van der Waals surface area contributed by atoms with E-state index in [0.717, 1.165) is 16.7 Å². The minimum Gasteiger partial charge on any atom is -0.444 e. The van der Waals surface area contributed by atoms with Crippen LogP contribution < -0.4 is 21.7 Å². The predicted molar refractivity (Wildman–Crippen MR) is 190 cm³/mol. The molecule has 0 aliphatic carbocycles. The highest BCUT2D eigenvalue weighted by Gasteiger charge is 2.33. The van der Waals surface area contributed by atoms with Crippen molar-refractivity contribution in [3.8, 4) is 0 Å².